The molecule has 0 aliphatic heterocycles. The molecule has 0 saturated carbocycles. The molecule has 0 aromatic heterocycles. The van der Waals surface area contributed by atoms with Gasteiger partial charge in [0.2, 0.25) is 0 Å². The first kappa shape index (κ1) is 12.7. The van der Waals surface area contributed by atoms with Crippen molar-refractivity contribution in [3.63, 3.8) is 0 Å². The van der Waals surface area contributed by atoms with Crippen LogP contribution in [0.5, 0.6) is 0 Å². The fourth-order valence-electron chi connectivity index (χ4n) is 1.65. The quantitative estimate of drug-likeness (QED) is 0.504. The Hall–Kier alpha value is -0.340. The molecule has 1 N–H and O–H groups in total. The van der Waals surface area contributed by atoms with Crippen LogP contribution in [-0.2, 0) is 0 Å². The minimum absolute atomic E-state index is 0.997. The van der Waals surface area contributed by atoms with E-state index in [2.05, 4.69) is 45.2 Å². The lowest BCUT2D eigenvalue weighted by atomic mass is 10.0. The molecule has 0 radical (unpaired) electrons. The molecule has 0 fully saturated rings. The molecular weight excluding hydrogens is 160 g/mol. The predicted molar refractivity (Wildman–Crippen MR) is 59.6 cm³/mol. The van der Waals surface area contributed by atoms with E-state index in [0.717, 1.165) is 13.1 Å². The summed E-state index contributed by atoms with van der Waals surface area (Å²) in [7, 11) is 2.09. The van der Waals surface area contributed by atoms with Crippen molar-refractivity contribution in [1.29, 1.82) is 0 Å². The summed E-state index contributed by atoms with van der Waals surface area (Å²) in [5.74, 6) is 0. The standard InChI is InChI=1S/C11H24N2/c1-6-11(7-2)10(4)9-13(5)12-8-3/h12H,6-9H2,1-5H3. The van der Waals surface area contributed by atoms with Gasteiger partial charge in [0.05, 0.1) is 0 Å². The Morgan fingerprint density at radius 3 is 2.08 bits per heavy atom. The molecule has 78 valence electrons. The first-order valence-electron chi connectivity index (χ1n) is 5.27. The van der Waals surface area contributed by atoms with Crippen molar-refractivity contribution in [3.05, 3.63) is 11.1 Å². The zero-order valence-corrected chi connectivity index (χ0v) is 9.78. The number of rotatable bonds is 6. The molecule has 0 heterocycles. The van der Waals surface area contributed by atoms with Crippen LogP contribution in [0, 0.1) is 0 Å². The molecule has 0 saturated heterocycles. The van der Waals surface area contributed by atoms with E-state index in [1.807, 2.05) is 0 Å². The maximum Gasteiger partial charge on any atom is 0.0337 e. The Morgan fingerprint density at radius 1 is 1.15 bits per heavy atom. The van der Waals surface area contributed by atoms with Crippen LogP contribution in [0.15, 0.2) is 11.1 Å². The lowest BCUT2D eigenvalue weighted by Gasteiger charge is -2.19. The lowest BCUT2D eigenvalue weighted by Crippen LogP contribution is -2.35. The van der Waals surface area contributed by atoms with E-state index in [0.29, 0.717) is 0 Å². The molecule has 2 heteroatoms. The van der Waals surface area contributed by atoms with Gasteiger partial charge in [-0.15, -0.1) is 0 Å². The van der Waals surface area contributed by atoms with Crippen LogP contribution in [-0.4, -0.2) is 25.1 Å². The third-order valence-corrected chi connectivity index (χ3v) is 2.36. The van der Waals surface area contributed by atoms with E-state index in [9.17, 15) is 0 Å². The van der Waals surface area contributed by atoms with Crippen LogP contribution in [0.2, 0.25) is 0 Å². The van der Waals surface area contributed by atoms with E-state index in [-0.39, 0.29) is 0 Å². The third-order valence-electron chi connectivity index (χ3n) is 2.36. The number of hydrazine groups is 1. The van der Waals surface area contributed by atoms with Gasteiger partial charge >= 0.3 is 0 Å². The molecule has 2 nitrogen and oxygen atoms in total. The maximum absolute atomic E-state index is 3.28. The Morgan fingerprint density at radius 2 is 1.69 bits per heavy atom. The van der Waals surface area contributed by atoms with Gasteiger partial charge in [0.25, 0.3) is 0 Å². The molecule has 0 atom stereocenters. The molecule has 0 aliphatic rings. The number of hydrogen-bond acceptors (Lipinski definition) is 2. The number of likely N-dealkylation sites (N-methyl/N-ethyl adjacent to an activating group) is 1. The highest BCUT2D eigenvalue weighted by atomic mass is 15.5. The van der Waals surface area contributed by atoms with Gasteiger partial charge in [-0.1, -0.05) is 31.9 Å². The highest BCUT2D eigenvalue weighted by Gasteiger charge is 2.01. The number of nitrogens with one attached hydrogen (secondary N) is 1. The normalized spacial score (nSPS) is 10.6. The average Bonchev–Trinajstić information content (AvgIpc) is 2.06. The number of hydrogen-bond donors (Lipinski definition) is 1. The number of allylic oxidation sites excluding steroid dienone is 1. The maximum atomic E-state index is 3.28. The summed E-state index contributed by atoms with van der Waals surface area (Å²) in [5.41, 5.74) is 6.37. The third kappa shape index (κ3) is 5.06. The summed E-state index contributed by atoms with van der Waals surface area (Å²) < 4.78 is 0. The summed E-state index contributed by atoms with van der Waals surface area (Å²) in [6.45, 7) is 10.8. The van der Waals surface area contributed by atoms with Crippen molar-refractivity contribution in [3.8, 4) is 0 Å². The fourth-order valence-corrected chi connectivity index (χ4v) is 1.65. The van der Waals surface area contributed by atoms with E-state index < -0.39 is 0 Å². The Labute approximate surface area is 83.0 Å². The molecule has 0 amide bonds. The fraction of sp³-hybridized carbons (Fsp3) is 0.818. The zero-order valence-electron chi connectivity index (χ0n) is 9.78. The smallest absolute Gasteiger partial charge is 0.0337 e. The van der Waals surface area contributed by atoms with Gasteiger partial charge in [-0.2, -0.15) is 0 Å². The van der Waals surface area contributed by atoms with Gasteiger partial charge in [0.1, 0.15) is 0 Å². The largest absolute Gasteiger partial charge is 0.255 e. The van der Waals surface area contributed by atoms with Crippen LogP contribution < -0.4 is 5.43 Å². The highest BCUT2D eigenvalue weighted by Crippen LogP contribution is 2.12. The van der Waals surface area contributed by atoms with Crippen molar-refractivity contribution in [2.45, 2.75) is 40.5 Å². The van der Waals surface area contributed by atoms with Crippen LogP contribution >= 0.6 is 0 Å². The second-order valence-electron chi connectivity index (χ2n) is 3.46. The predicted octanol–water partition coefficient (Wildman–Crippen LogP) is 2.58. The summed E-state index contributed by atoms with van der Waals surface area (Å²) in [6.07, 6.45) is 2.37. The zero-order chi connectivity index (χ0) is 10.3. The molecule has 0 aromatic rings. The molecule has 0 aliphatic carbocycles. The van der Waals surface area contributed by atoms with Crippen LogP contribution in [0.25, 0.3) is 0 Å². The lowest BCUT2D eigenvalue weighted by molar-refractivity contribution is 0.261. The van der Waals surface area contributed by atoms with Crippen LogP contribution in [0.3, 0.4) is 0 Å². The van der Waals surface area contributed by atoms with Crippen LogP contribution in [0.4, 0.5) is 0 Å². The van der Waals surface area contributed by atoms with Crippen molar-refractivity contribution >= 4 is 0 Å². The molecule has 0 rings (SSSR count). The topological polar surface area (TPSA) is 15.3 Å². The van der Waals surface area contributed by atoms with Crippen molar-refractivity contribution in [1.82, 2.24) is 10.4 Å². The summed E-state index contributed by atoms with van der Waals surface area (Å²) in [6, 6.07) is 0. The van der Waals surface area contributed by atoms with E-state index in [1.165, 1.54) is 18.4 Å². The van der Waals surface area contributed by atoms with E-state index >= 15 is 0 Å². The van der Waals surface area contributed by atoms with Gasteiger partial charge in [0.15, 0.2) is 0 Å². The Balaban J connectivity index is 4.08. The Kier molecular flexibility index (Phi) is 6.92. The van der Waals surface area contributed by atoms with Gasteiger partial charge in [-0.05, 0) is 19.8 Å². The molecular formula is C11H24N2. The number of nitrogens with zero attached hydrogens (tertiary/aromatic N) is 1. The minimum Gasteiger partial charge on any atom is -0.255 e. The van der Waals surface area contributed by atoms with Crippen molar-refractivity contribution < 1.29 is 0 Å². The van der Waals surface area contributed by atoms with E-state index in [4.69, 9.17) is 0 Å². The van der Waals surface area contributed by atoms with Crippen molar-refractivity contribution in [2.75, 3.05) is 20.1 Å². The summed E-state index contributed by atoms with van der Waals surface area (Å²) in [4.78, 5) is 0. The average molecular weight is 184 g/mol. The van der Waals surface area contributed by atoms with Gasteiger partial charge in [-0.25, -0.2) is 5.01 Å². The molecule has 0 unspecified atom stereocenters. The van der Waals surface area contributed by atoms with E-state index in [1.54, 1.807) is 5.57 Å². The molecule has 0 spiro atoms. The summed E-state index contributed by atoms with van der Waals surface area (Å²) >= 11 is 0. The molecule has 13 heavy (non-hydrogen) atoms. The second kappa shape index (κ2) is 7.10. The highest BCUT2D eigenvalue weighted by molar-refractivity contribution is 5.12. The first-order valence-corrected chi connectivity index (χ1v) is 5.27. The van der Waals surface area contributed by atoms with Crippen molar-refractivity contribution in [2.24, 2.45) is 0 Å². The summed E-state index contributed by atoms with van der Waals surface area (Å²) in [5, 5.41) is 2.15. The first-order chi connectivity index (χ1) is 6.15. The molecule has 0 aromatic carbocycles. The monoisotopic (exact) mass is 184 g/mol. The second-order valence-corrected chi connectivity index (χ2v) is 3.46. The SMILES string of the molecule is CCNN(C)CC(C)=C(CC)CC. The minimum atomic E-state index is 0.997. The van der Waals surface area contributed by atoms with Gasteiger partial charge < -0.3 is 0 Å². The molecule has 0 bridgehead atoms. The van der Waals surface area contributed by atoms with Gasteiger partial charge in [0, 0.05) is 20.1 Å². The van der Waals surface area contributed by atoms with Crippen LogP contribution in [0.1, 0.15) is 40.5 Å². The van der Waals surface area contributed by atoms with Gasteiger partial charge in [-0.3, -0.25) is 5.43 Å². The Bertz CT molecular complexity index is 155.